The Kier molecular flexibility index (Phi) is 3.30. The molecule has 15 heavy (non-hydrogen) atoms. The molecule has 82 valence electrons. The van der Waals surface area contributed by atoms with Gasteiger partial charge in [-0.3, -0.25) is 4.79 Å². The molecule has 1 aliphatic rings. The summed E-state index contributed by atoms with van der Waals surface area (Å²) in [5, 5.41) is 6.69. The highest BCUT2D eigenvalue weighted by Crippen LogP contribution is 2.23. The highest BCUT2D eigenvalue weighted by atomic mass is 32.1. The molecule has 0 unspecified atom stereocenters. The van der Waals surface area contributed by atoms with E-state index in [0.717, 1.165) is 30.3 Å². The molecule has 0 aromatic carbocycles. The highest BCUT2D eigenvalue weighted by molar-refractivity contribution is 7.07. The van der Waals surface area contributed by atoms with Crippen molar-refractivity contribution in [3.8, 4) is 0 Å². The summed E-state index contributed by atoms with van der Waals surface area (Å²) in [7, 11) is 0. The van der Waals surface area contributed by atoms with Crippen LogP contribution in [0.3, 0.4) is 0 Å². The Bertz CT molecular complexity index is 317. The smallest absolute Gasteiger partial charge is 0.264 e. The molecule has 1 saturated carbocycles. The van der Waals surface area contributed by atoms with E-state index in [1.807, 2.05) is 0 Å². The standard InChI is InChI=1S/C10H15N3OS/c1-7-2-4-8(5-3-7)12-10(14)9-6-11-13-15-9/h6-8H,2-5H2,1H3,(H,12,14). The fourth-order valence-corrected chi connectivity index (χ4v) is 2.35. The Morgan fingerprint density at radius 3 is 2.80 bits per heavy atom. The van der Waals surface area contributed by atoms with Gasteiger partial charge in [0.1, 0.15) is 4.88 Å². The van der Waals surface area contributed by atoms with Crippen LogP contribution in [0.2, 0.25) is 0 Å². The van der Waals surface area contributed by atoms with Crippen LogP contribution in [0.1, 0.15) is 42.3 Å². The second kappa shape index (κ2) is 4.70. The Morgan fingerprint density at radius 2 is 2.20 bits per heavy atom. The third-order valence-electron chi connectivity index (χ3n) is 2.94. The Hall–Kier alpha value is -0.970. The number of carbonyl (C=O) groups excluding carboxylic acids is 1. The normalized spacial score (nSPS) is 26.2. The van der Waals surface area contributed by atoms with Gasteiger partial charge in [0.05, 0.1) is 6.20 Å². The number of amides is 1. The molecular weight excluding hydrogens is 210 g/mol. The number of hydrogen-bond acceptors (Lipinski definition) is 4. The van der Waals surface area contributed by atoms with Crippen molar-refractivity contribution in [2.75, 3.05) is 0 Å². The number of rotatable bonds is 2. The molecule has 0 radical (unpaired) electrons. The minimum atomic E-state index is -0.0236. The van der Waals surface area contributed by atoms with Gasteiger partial charge in [-0.25, -0.2) is 0 Å². The molecule has 0 bridgehead atoms. The topological polar surface area (TPSA) is 54.9 Å². The summed E-state index contributed by atoms with van der Waals surface area (Å²) in [6, 6.07) is 0.343. The van der Waals surface area contributed by atoms with E-state index in [2.05, 4.69) is 21.8 Å². The van der Waals surface area contributed by atoms with Gasteiger partial charge in [0.2, 0.25) is 0 Å². The third kappa shape index (κ3) is 2.75. The SMILES string of the molecule is CC1CCC(NC(=O)c2cnns2)CC1. The summed E-state index contributed by atoms with van der Waals surface area (Å²) in [6.07, 6.45) is 6.14. The lowest BCUT2D eigenvalue weighted by atomic mass is 9.87. The highest BCUT2D eigenvalue weighted by Gasteiger charge is 2.20. The molecular formula is C10H15N3OS. The molecule has 1 N–H and O–H groups in total. The van der Waals surface area contributed by atoms with Crippen LogP contribution in [-0.4, -0.2) is 21.5 Å². The summed E-state index contributed by atoms with van der Waals surface area (Å²) in [6.45, 7) is 2.27. The molecule has 1 amide bonds. The first-order valence-corrected chi connectivity index (χ1v) is 6.11. The molecule has 1 aliphatic carbocycles. The van der Waals surface area contributed by atoms with Gasteiger partial charge in [0.25, 0.3) is 5.91 Å². The lowest BCUT2D eigenvalue weighted by Crippen LogP contribution is -2.36. The average molecular weight is 225 g/mol. The van der Waals surface area contributed by atoms with Crippen LogP contribution in [0, 0.1) is 5.92 Å². The summed E-state index contributed by atoms with van der Waals surface area (Å²) in [5.74, 6) is 0.785. The fourth-order valence-electron chi connectivity index (χ4n) is 1.93. The zero-order chi connectivity index (χ0) is 10.7. The zero-order valence-electron chi connectivity index (χ0n) is 8.77. The monoisotopic (exact) mass is 225 g/mol. The van der Waals surface area contributed by atoms with E-state index in [1.165, 1.54) is 19.0 Å². The maximum absolute atomic E-state index is 11.7. The van der Waals surface area contributed by atoms with Crippen molar-refractivity contribution in [1.82, 2.24) is 14.9 Å². The maximum atomic E-state index is 11.7. The molecule has 0 spiro atoms. The summed E-state index contributed by atoms with van der Waals surface area (Å²) in [4.78, 5) is 12.3. The van der Waals surface area contributed by atoms with Crippen molar-refractivity contribution in [2.45, 2.75) is 38.6 Å². The summed E-state index contributed by atoms with van der Waals surface area (Å²) >= 11 is 1.15. The van der Waals surface area contributed by atoms with Gasteiger partial charge in [0, 0.05) is 6.04 Å². The van der Waals surface area contributed by atoms with Crippen LogP contribution in [0.4, 0.5) is 0 Å². The van der Waals surface area contributed by atoms with E-state index in [0.29, 0.717) is 10.9 Å². The Morgan fingerprint density at radius 1 is 1.47 bits per heavy atom. The van der Waals surface area contributed by atoms with Crippen molar-refractivity contribution in [1.29, 1.82) is 0 Å². The van der Waals surface area contributed by atoms with Crippen LogP contribution in [0.5, 0.6) is 0 Å². The number of aromatic nitrogens is 2. The van der Waals surface area contributed by atoms with Crippen molar-refractivity contribution in [3.63, 3.8) is 0 Å². The van der Waals surface area contributed by atoms with Crippen molar-refractivity contribution < 1.29 is 4.79 Å². The van der Waals surface area contributed by atoms with Gasteiger partial charge in [-0.05, 0) is 43.1 Å². The molecule has 1 aromatic rings. The van der Waals surface area contributed by atoms with Crippen LogP contribution in [-0.2, 0) is 0 Å². The Balaban J connectivity index is 1.85. The molecule has 1 fully saturated rings. The minimum absolute atomic E-state index is 0.0236. The van der Waals surface area contributed by atoms with E-state index in [-0.39, 0.29) is 5.91 Å². The number of carbonyl (C=O) groups is 1. The molecule has 1 heterocycles. The average Bonchev–Trinajstić information content (AvgIpc) is 2.74. The van der Waals surface area contributed by atoms with Crippen LogP contribution in [0.15, 0.2) is 6.20 Å². The zero-order valence-corrected chi connectivity index (χ0v) is 9.59. The van der Waals surface area contributed by atoms with E-state index in [4.69, 9.17) is 0 Å². The summed E-state index contributed by atoms with van der Waals surface area (Å²) < 4.78 is 3.68. The first kappa shape index (κ1) is 10.5. The van der Waals surface area contributed by atoms with E-state index in [9.17, 15) is 4.79 Å². The van der Waals surface area contributed by atoms with Crippen LogP contribution >= 0.6 is 11.5 Å². The van der Waals surface area contributed by atoms with Gasteiger partial charge >= 0.3 is 0 Å². The van der Waals surface area contributed by atoms with Gasteiger partial charge in [-0.15, -0.1) is 5.10 Å². The Labute approximate surface area is 93.2 Å². The quantitative estimate of drug-likeness (QED) is 0.835. The number of nitrogens with one attached hydrogen (secondary N) is 1. The van der Waals surface area contributed by atoms with E-state index in [1.54, 1.807) is 0 Å². The minimum Gasteiger partial charge on any atom is -0.349 e. The van der Waals surface area contributed by atoms with E-state index < -0.39 is 0 Å². The summed E-state index contributed by atoms with van der Waals surface area (Å²) in [5.41, 5.74) is 0. The molecule has 1 aromatic heterocycles. The molecule has 4 nitrogen and oxygen atoms in total. The maximum Gasteiger partial charge on any atom is 0.264 e. The molecule has 2 rings (SSSR count). The second-order valence-corrected chi connectivity index (χ2v) is 5.00. The van der Waals surface area contributed by atoms with Crippen LogP contribution < -0.4 is 5.32 Å². The van der Waals surface area contributed by atoms with Gasteiger partial charge in [-0.2, -0.15) is 0 Å². The van der Waals surface area contributed by atoms with Crippen molar-refractivity contribution in [2.24, 2.45) is 5.92 Å². The van der Waals surface area contributed by atoms with Gasteiger partial charge in [0.15, 0.2) is 0 Å². The predicted molar refractivity (Wildman–Crippen MR) is 58.8 cm³/mol. The fraction of sp³-hybridized carbons (Fsp3) is 0.700. The van der Waals surface area contributed by atoms with Crippen LogP contribution in [0.25, 0.3) is 0 Å². The van der Waals surface area contributed by atoms with Gasteiger partial charge in [-0.1, -0.05) is 11.4 Å². The van der Waals surface area contributed by atoms with Crippen molar-refractivity contribution in [3.05, 3.63) is 11.1 Å². The lowest BCUT2D eigenvalue weighted by molar-refractivity contribution is 0.0927. The molecule has 0 atom stereocenters. The largest absolute Gasteiger partial charge is 0.349 e. The third-order valence-corrected chi connectivity index (χ3v) is 3.60. The number of nitrogens with zero attached hydrogens (tertiary/aromatic N) is 2. The lowest BCUT2D eigenvalue weighted by Gasteiger charge is -2.26. The van der Waals surface area contributed by atoms with E-state index >= 15 is 0 Å². The predicted octanol–water partition coefficient (Wildman–Crippen LogP) is 1.85. The molecule has 0 aliphatic heterocycles. The first-order valence-electron chi connectivity index (χ1n) is 5.34. The van der Waals surface area contributed by atoms with Crippen molar-refractivity contribution >= 4 is 17.4 Å². The molecule has 5 heteroatoms. The molecule has 0 saturated heterocycles. The first-order chi connectivity index (χ1) is 7.25. The van der Waals surface area contributed by atoms with Gasteiger partial charge < -0.3 is 5.32 Å². The number of hydrogen-bond donors (Lipinski definition) is 1. The second-order valence-electron chi connectivity index (χ2n) is 4.21.